The average Bonchev–Trinajstić information content (AvgIpc) is 3.31. The largest absolute Gasteiger partial charge is 0.497 e. The number of hydrogen-bond acceptors (Lipinski definition) is 7. The van der Waals surface area contributed by atoms with Crippen LogP contribution in [0.25, 0.3) is 5.69 Å². The second-order valence-electron chi connectivity index (χ2n) is 7.33. The molecule has 0 fully saturated rings. The molecule has 1 aliphatic rings. The van der Waals surface area contributed by atoms with Crippen LogP contribution in [0.2, 0.25) is 0 Å². The number of hydrogen-bond donors (Lipinski definition) is 1. The molecule has 0 spiro atoms. The molecule has 2 aromatic carbocycles. The number of nitrogens with zero attached hydrogens (tertiary/aromatic N) is 2. The maximum Gasteiger partial charge on any atom is 0.418 e. The highest BCUT2D eigenvalue weighted by molar-refractivity contribution is 8.00. The van der Waals surface area contributed by atoms with E-state index in [2.05, 4.69) is 10.3 Å². The van der Waals surface area contributed by atoms with Crippen molar-refractivity contribution in [2.75, 3.05) is 31.0 Å². The number of rotatable bonds is 7. The van der Waals surface area contributed by atoms with E-state index in [0.717, 1.165) is 17.8 Å². The second kappa shape index (κ2) is 10.2. The van der Waals surface area contributed by atoms with Crippen molar-refractivity contribution in [3.8, 4) is 17.2 Å². The van der Waals surface area contributed by atoms with Crippen molar-refractivity contribution < 1.29 is 27.4 Å². The van der Waals surface area contributed by atoms with Crippen LogP contribution in [-0.2, 0) is 17.4 Å². The molecular formula is C23H20F3N3O4S2. The SMILES string of the molecule is COc1ccc(OC)c(-n2c(SCC(=O)Nc3ccccc3C(F)(F)F)nc3c(c2=O)SCC3)c1. The van der Waals surface area contributed by atoms with Gasteiger partial charge in [0.1, 0.15) is 11.5 Å². The van der Waals surface area contributed by atoms with Crippen LogP contribution >= 0.6 is 23.5 Å². The summed E-state index contributed by atoms with van der Waals surface area (Å²) < 4.78 is 51.9. The van der Waals surface area contributed by atoms with Gasteiger partial charge in [-0.1, -0.05) is 23.9 Å². The molecule has 2 heterocycles. The van der Waals surface area contributed by atoms with Crippen LogP contribution in [-0.4, -0.2) is 41.2 Å². The average molecular weight is 524 g/mol. The van der Waals surface area contributed by atoms with Crippen molar-refractivity contribution in [3.63, 3.8) is 0 Å². The number of benzene rings is 2. The van der Waals surface area contributed by atoms with Crippen LogP contribution < -0.4 is 20.3 Å². The van der Waals surface area contributed by atoms with Gasteiger partial charge in [-0.15, -0.1) is 11.8 Å². The van der Waals surface area contributed by atoms with E-state index in [0.29, 0.717) is 39.9 Å². The Morgan fingerprint density at radius 1 is 1.20 bits per heavy atom. The van der Waals surface area contributed by atoms with Crippen LogP contribution in [0.15, 0.2) is 57.3 Å². The molecule has 0 saturated heterocycles. The molecule has 35 heavy (non-hydrogen) atoms. The molecule has 184 valence electrons. The van der Waals surface area contributed by atoms with Gasteiger partial charge in [-0.25, -0.2) is 4.98 Å². The van der Waals surface area contributed by atoms with Gasteiger partial charge < -0.3 is 14.8 Å². The normalized spacial score (nSPS) is 12.8. The Kier molecular flexibility index (Phi) is 7.31. The molecule has 0 atom stereocenters. The number of aryl methyl sites for hydroxylation is 1. The fraction of sp³-hybridized carbons (Fsp3) is 0.261. The maximum absolute atomic E-state index is 13.4. The molecule has 1 aliphatic heterocycles. The first kappa shape index (κ1) is 25.0. The molecular weight excluding hydrogens is 503 g/mol. The zero-order valence-corrected chi connectivity index (χ0v) is 20.3. The van der Waals surface area contributed by atoms with Gasteiger partial charge in [0.2, 0.25) is 5.91 Å². The van der Waals surface area contributed by atoms with Crippen LogP contribution in [0.3, 0.4) is 0 Å². The molecule has 3 aromatic rings. The number of nitrogens with one attached hydrogen (secondary N) is 1. The summed E-state index contributed by atoms with van der Waals surface area (Å²) in [7, 11) is 2.95. The van der Waals surface area contributed by atoms with Gasteiger partial charge >= 0.3 is 6.18 Å². The topological polar surface area (TPSA) is 82.4 Å². The molecule has 12 heteroatoms. The highest BCUT2D eigenvalue weighted by Gasteiger charge is 2.33. The molecule has 1 N–H and O–H groups in total. The minimum absolute atomic E-state index is 0.224. The van der Waals surface area contributed by atoms with Gasteiger partial charge in [0.15, 0.2) is 5.16 Å². The Labute approximate surface area is 207 Å². The number of fused-ring (bicyclic) bond motifs is 1. The highest BCUT2D eigenvalue weighted by atomic mass is 32.2. The van der Waals surface area contributed by atoms with Gasteiger partial charge in [-0.2, -0.15) is 13.2 Å². The number of carbonyl (C=O) groups excluding carboxylic acids is 1. The lowest BCUT2D eigenvalue weighted by Gasteiger charge is -2.17. The minimum atomic E-state index is -4.61. The molecule has 0 radical (unpaired) electrons. The van der Waals surface area contributed by atoms with E-state index in [9.17, 15) is 22.8 Å². The third kappa shape index (κ3) is 5.27. The first-order valence-electron chi connectivity index (χ1n) is 10.3. The molecule has 1 aromatic heterocycles. The predicted molar refractivity (Wildman–Crippen MR) is 128 cm³/mol. The summed E-state index contributed by atoms with van der Waals surface area (Å²) in [6.07, 6.45) is -4.01. The number of carbonyl (C=O) groups is 1. The molecule has 0 aliphatic carbocycles. The van der Waals surface area contributed by atoms with Crippen molar-refractivity contribution in [1.29, 1.82) is 0 Å². The Balaban J connectivity index is 1.67. The lowest BCUT2D eigenvalue weighted by atomic mass is 10.1. The Hall–Kier alpha value is -3.12. The minimum Gasteiger partial charge on any atom is -0.497 e. The molecule has 0 unspecified atom stereocenters. The molecule has 1 amide bonds. The van der Waals surface area contributed by atoms with E-state index in [1.54, 1.807) is 18.2 Å². The van der Waals surface area contributed by atoms with Crippen LogP contribution in [0.1, 0.15) is 11.3 Å². The van der Waals surface area contributed by atoms with Gasteiger partial charge in [0.05, 0.1) is 47.5 Å². The number of ether oxygens (including phenoxy) is 2. The van der Waals surface area contributed by atoms with E-state index in [1.807, 2.05) is 0 Å². The van der Waals surface area contributed by atoms with Gasteiger partial charge in [0.25, 0.3) is 5.56 Å². The van der Waals surface area contributed by atoms with Crippen molar-refractivity contribution in [2.24, 2.45) is 0 Å². The van der Waals surface area contributed by atoms with Gasteiger partial charge in [0, 0.05) is 18.2 Å². The van der Waals surface area contributed by atoms with Crippen molar-refractivity contribution >= 4 is 35.1 Å². The molecule has 7 nitrogen and oxygen atoms in total. The van der Waals surface area contributed by atoms with E-state index >= 15 is 0 Å². The third-order valence-corrected chi connectivity index (χ3v) is 7.18. The lowest BCUT2D eigenvalue weighted by molar-refractivity contribution is -0.137. The van der Waals surface area contributed by atoms with Gasteiger partial charge in [-0.3, -0.25) is 14.2 Å². The number of methoxy groups -OCH3 is 2. The second-order valence-corrected chi connectivity index (χ2v) is 9.37. The number of alkyl halides is 3. The number of halogens is 3. The molecule has 0 saturated carbocycles. The number of thioether (sulfide) groups is 2. The predicted octanol–water partition coefficient (Wildman–Crippen LogP) is 4.65. The van der Waals surface area contributed by atoms with Crippen LogP contribution in [0, 0.1) is 0 Å². The number of para-hydroxylation sites is 1. The Bertz CT molecular complexity index is 1330. The fourth-order valence-electron chi connectivity index (χ4n) is 3.53. The monoisotopic (exact) mass is 523 g/mol. The van der Waals surface area contributed by atoms with E-state index in [4.69, 9.17) is 9.47 Å². The van der Waals surface area contributed by atoms with Crippen molar-refractivity contribution in [2.45, 2.75) is 22.6 Å². The number of anilines is 1. The summed E-state index contributed by atoms with van der Waals surface area (Å²) >= 11 is 2.35. The standard InChI is InChI=1S/C23H20F3N3O4S2/c1-32-13-7-8-18(33-2)17(11-13)29-21(31)20-16(9-10-34-20)28-22(29)35-12-19(30)27-15-6-4-3-5-14(15)23(24,25)26/h3-8,11H,9-10,12H2,1-2H3,(H,27,30). The number of amides is 1. The first-order valence-corrected chi connectivity index (χ1v) is 12.3. The zero-order valence-electron chi connectivity index (χ0n) is 18.6. The summed E-state index contributed by atoms with van der Waals surface area (Å²) in [5.74, 6) is 0.647. The summed E-state index contributed by atoms with van der Waals surface area (Å²) in [6, 6.07) is 9.70. The summed E-state index contributed by atoms with van der Waals surface area (Å²) in [5, 5.41) is 2.53. The zero-order chi connectivity index (χ0) is 25.2. The molecule has 4 rings (SSSR count). The highest BCUT2D eigenvalue weighted by Crippen LogP contribution is 2.36. The van der Waals surface area contributed by atoms with Crippen LogP contribution in [0.4, 0.5) is 18.9 Å². The van der Waals surface area contributed by atoms with E-state index in [-0.39, 0.29) is 22.2 Å². The first-order chi connectivity index (χ1) is 16.7. The summed E-state index contributed by atoms with van der Waals surface area (Å²) in [5.41, 5.74) is -0.581. The quantitative estimate of drug-likeness (QED) is 0.357. The van der Waals surface area contributed by atoms with E-state index < -0.39 is 17.6 Å². The summed E-state index contributed by atoms with van der Waals surface area (Å²) in [6.45, 7) is 0. The van der Waals surface area contributed by atoms with Crippen molar-refractivity contribution in [1.82, 2.24) is 9.55 Å². The maximum atomic E-state index is 13.4. The van der Waals surface area contributed by atoms with Gasteiger partial charge in [-0.05, 0) is 24.3 Å². The van der Waals surface area contributed by atoms with Crippen molar-refractivity contribution in [3.05, 3.63) is 64.1 Å². The number of aromatic nitrogens is 2. The fourth-order valence-corrected chi connectivity index (χ4v) is 5.37. The summed E-state index contributed by atoms with van der Waals surface area (Å²) in [4.78, 5) is 31.1. The Morgan fingerprint density at radius 2 is 1.97 bits per heavy atom. The third-order valence-electron chi connectivity index (χ3n) is 5.13. The smallest absolute Gasteiger partial charge is 0.418 e. The van der Waals surface area contributed by atoms with Crippen LogP contribution in [0.5, 0.6) is 11.5 Å². The van der Waals surface area contributed by atoms with E-state index in [1.165, 1.54) is 48.7 Å². The molecule has 0 bridgehead atoms. The Morgan fingerprint density at radius 3 is 2.69 bits per heavy atom. The lowest BCUT2D eigenvalue weighted by Crippen LogP contribution is -2.25.